The molecule has 0 radical (unpaired) electrons. The molecule has 12 heteroatoms. The fraction of sp³-hybridized carbons (Fsp3) is 0.391. The van der Waals surface area contributed by atoms with Crippen LogP contribution in [0.5, 0.6) is 0 Å². The lowest BCUT2D eigenvalue weighted by atomic mass is 10.0. The van der Waals surface area contributed by atoms with Crippen LogP contribution in [0.1, 0.15) is 53.2 Å². The quantitative estimate of drug-likeness (QED) is 0.555. The second-order valence-corrected chi connectivity index (χ2v) is 11.3. The number of aryl methyl sites for hydroxylation is 2. The maximum Gasteiger partial charge on any atom is 0.263 e. The number of aliphatic imine (C=N–C) groups is 1. The van der Waals surface area contributed by atoms with Crippen molar-refractivity contribution in [2.45, 2.75) is 49.7 Å². The topological polar surface area (TPSA) is 126 Å². The average molecular weight is 496 g/mol. The van der Waals surface area contributed by atoms with Gasteiger partial charge in [-0.25, -0.2) is 18.1 Å². The predicted molar refractivity (Wildman–Crippen MR) is 126 cm³/mol. The molecule has 1 atom stereocenters. The fourth-order valence-electron chi connectivity index (χ4n) is 4.57. The molecule has 1 aliphatic carbocycles. The van der Waals surface area contributed by atoms with Gasteiger partial charge in [0.1, 0.15) is 6.04 Å². The number of hydrogen-bond acceptors (Lipinski definition) is 8. The van der Waals surface area contributed by atoms with E-state index in [9.17, 15) is 13.2 Å². The lowest BCUT2D eigenvalue weighted by molar-refractivity contribution is 0.0832. The molecule has 1 aromatic carbocycles. The van der Waals surface area contributed by atoms with Gasteiger partial charge in [0.2, 0.25) is 16.0 Å². The lowest BCUT2D eigenvalue weighted by Gasteiger charge is -2.38. The van der Waals surface area contributed by atoms with E-state index in [-0.39, 0.29) is 23.4 Å². The van der Waals surface area contributed by atoms with E-state index in [2.05, 4.69) is 20.0 Å². The van der Waals surface area contributed by atoms with Gasteiger partial charge < -0.3 is 4.52 Å². The molecule has 1 N–H and O–H groups in total. The van der Waals surface area contributed by atoms with Crippen LogP contribution in [0.2, 0.25) is 0 Å². The molecule has 3 aromatic rings. The average Bonchev–Trinajstić information content (AvgIpc) is 3.19. The number of anilines is 1. The van der Waals surface area contributed by atoms with Gasteiger partial charge in [0, 0.05) is 30.4 Å². The third-order valence-corrected chi connectivity index (χ3v) is 8.28. The second-order valence-electron chi connectivity index (χ2n) is 9.66. The van der Waals surface area contributed by atoms with Gasteiger partial charge in [-0.1, -0.05) is 5.16 Å². The molecular weight excluding hydrogens is 470 g/mol. The van der Waals surface area contributed by atoms with E-state index in [0.29, 0.717) is 29.5 Å². The summed E-state index contributed by atoms with van der Waals surface area (Å²) < 4.78 is 36.1. The molecule has 0 bridgehead atoms. The minimum atomic E-state index is -3.78. The first kappa shape index (κ1) is 22.0. The second kappa shape index (κ2) is 7.49. The highest BCUT2D eigenvalue weighted by Crippen LogP contribution is 2.41. The van der Waals surface area contributed by atoms with E-state index in [1.54, 1.807) is 21.8 Å². The van der Waals surface area contributed by atoms with E-state index < -0.39 is 15.6 Å². The normalized spacial score (nSPS) is 20.6. The van der Waals surface area contributed by atoms with Crippen LogP contribution in [-0.4, -0.2) is 52.2 Å². The summed E-state index contributed by atoms with van der Waals surface area (Å²) in [5.74, 6) is 0.801. The Bertz CT molecular complexity index is 1480. The highest BCUT2D eigenvalue weighted by atomic mass is 32.2. The first-order valence-corrected chi connectivity index (χ1v) is 12.9. The predicted octanol–water partition coefficient (Wildman–Crippen LogP) is 2.12. The Morgan fingerprint density at radius 1 is 1.26 bits per heavy atom. The Morgan fingerprint density at radius 3 is 2.71 bits per heavy atom. The van der Waals surface area contributed by atoms with Gasteiger partial charge in [0.25, 0.3) is 5.91 Å². The van der Waals surface area contributed by atoms with E-state index in [4.69, 9.17) is 4.52 Å². The first-order chi connectivity index (χ1) is 16.6. The number of benzene rings is 1. The molecular formula is C23H25N7O4S. The molecule has 35 heavy (non-hydrogen) atoms. The summed E-state index contributed by atoms with van der Waals surface area (Å²) in [5.41, 5.74) is 2.03. The number of guanidine groups is 1. The van der Waals surface area contributed by atoms with E-state index in [0.717, 1.165) is 24.1 Å². The molecule has 4 heterocycles. The number of aromatic nitrogens is 3. The first-order valence-electron chi connectivity index (χ1n) is 11.4. The summed E-state index contributed by atoms with van der Waals surface area (Å²) >= 11 is 0. The van der Waals surface area contributed by atoms with E-state index in [1.165, 1.54) is 12.1 Å². The smallest absolute Gasteiger partial charge is 0.263 e. The number of nitrogens with one attached hydrogen (secondary N) is 1. The van der Waals surface area contributed by atoms with Crippen molar-refractivity contribution >= 4 is 27.6 Å². The molecule has 1 amide bonds. The van der Waals surface area contributed by atoms with E-state index >= 15 is 0 Å². The van der Waals surface area contributed by atoms with Crippen LogP contribution >= 0.6 is 0 Å². The van der Waals surface area contributed by atoms with Crippen molar-refractivity contribution in [1.82, 2.24) is 24.6 Å². The lowest BCUT2D eigenvalue weighted by Crippen LogP contribution is -2.50. The number of carbonyl (C=O) groups is 1. The van der Waals surface area contributed by atoms with Gasteiger partial charge in [-0.2, -0.15) is 5.10 Å². The van der Waals surface area contributed by atoms with Crippen molar-refractivity contribution in [1.29, 1.82) is 0 Å². The van der Waals surface area contributed by atoms with Gasteiger partial charge in [-0.15, -0.1) is 0 Å². The summed E-state index contributed by atoms with van der Waals surface area (Å²) in [7, 11) is -1.97. The van der Waals surface area contributed by atoms with Gasteiger partial charge >= 0.3 is 0 Å². The summed E-state index contributed by atoms with van der Waals surface area (Å²) in [6, 6.07) is 6.22. The van der Waals surface area contributed by atoms with Crippen LogP contribution < -0.4 is 9.62 Å². The largest absolute Gasteiger partial charge is 0.359 e. The molecule has 6 rings (SSSR count). The molecule has 2 aromatic heterocycles. The third kappa shape index (κ3) is 3.73. The molecule has 1 fully saturated rings. The highest BCUT2D eigenvalue weighted by molar-refractivity contribution is 7.89. The number of fused-ring (bicyclic) bond motifs is 3. The standard InChI is InChI=1S/C23H25N7O4S/c1-14-8-20(34-26-14)19-11-24-22-29(13-15-10-25-28(3)12-15)21(31)17-9-16(4-5-18(17)30(19)22)35(32,33)27-23(2)6-7-23/h4-5,8-10,12,19,27H,6-7,11,13H2,1-3H3/t19-/m0/s1. The molecule has 3 aliphatic rings. The van der Waals surface area contributed by atoms with Crippen molar-refractivity contribution in [2.24, 2.45) is 12.0 Å². The monoisotopic (exact) mass is 495 g/mol. The van der Waals surface area contributed by atoms with Gasteiger partial charge in [-0.3, -0.25) is 19.3 Å². The summed E-state index contributed by atoms with van der Waals surface area (Å²) in [4.78, 5) is 22.0. The van der Waals surface area contributed by atoms with Crippen LogP contribution in [0, 0.1) is 6.92 Å². The molecule has 0 saturated heterocycles. The Hall–Kier alpha value is -3.51. The number of carbonyl (C=O) groups excluding carboxylic acids is 1. The van der Waals surface area contributed by atoms with E-state index in [1.807, 2.05) is 38.1 Å². The third-order valence-electron chi connectivity index (χ3n) is 6.64. The summed E-state index contributed by atoms with van der Waals surface area (Å²) in [5, 5.41) is 8.22. The van der Waals surface area contributed by atoms with Crippen LogP contribution in [0.3, 0.4) is 0 Å². The van der Waals surface area contributed by atoms with Crippen molar-refractivity contribution in [3.05, 3.63) is 59.2 Å². The zero-order valence-corrected chi connectivity index (χ0v) is 20.4. The van der Waals surface area contributed by atoms with Crippen molar-refractivity contribution in [3.8, 4) is 0 Å². The number of amides is 1. The molecule has 2 aliphatic heterocycles. The number of sulfonamides is 1. The highest BCUT2D eigenvalue weighted by Gasteiger charge is 2.45. The zero-order chi connectivity index (χ0) is 24.5. The number of nitrogens with zero attached hydrogens (tertiary/aromatic N) is 6. The van der Waals surface area contributed by atoms with Crippen molar-refractivity contribution in [2.75, 3.05) is 11.4 Å². The minimum Gasteiger partial charge on any atom is -0.359 e. The van der Waals surface area contributed by atoms with Crippen LogP contribution in [0.15, 0.2) is 51.1 Å². The number of rotatable bonds is 6. The van der Waals surface area contributed by atoms with Gasteiger partial charge in [-0.05, 0) is 44.9 Å². The fourth-order valence-corrected chi connectivity index (χ4v) is 6.06. The minimum absolute atomic E-state index is 0.0608. The maximum absolute atomic E-state index is 13.7. The summed E-state index contributed by atoms with van der Waals surface area (Å²) in [6.45, 7) is 4.34. The zero-order valence-electron chi connectivity index (χ0n) is 19.6. The van der Waals surface area contributed by atoms with Crippen molar-refractivity contribution < 1.29 is 17.7 Å². The Kier molecular flexibility index (Phi) is 4.71. The molecule has 182 valence electrons. The van der Waals surface area contributed by atoms with Crippen LogP contribution in [0.25, 0.3) is 0 Å². The number of hydrogen-bond donors (Lipinski definition) is 1. The summed E-state index contributed by atoms with van der Waals surface area (Å²) in [6.07, 6.45) is 5.11. The molecule has 0 spiro atoms. The van der Waals surface area contributed by atoms with Crippen molar-refractivity contribution in [3.63, 3.8) is 0 Å². The van der Waals surface area contributed by atoms with Gasteiger partial charge in [0.05, 0.1) is 41.1 Å². The Balaban J connectivity index is 1.44. The van der Waals surface area contributed by atoms with Crippen LogP contribution in [0.4, 0.5) is 5.69 Å². The maximum atomic E-state index is 13.7. The Labute approximate surface area is 202 Å². The molecule has 0 unspecified atom stereocenters. The molecule has 11 nitrogen and oxygen atoms in total. The SMILES string of the molecule is Cc1cc([C@@H]2CN=C3N(Cc4cnn(C)c4)C(=O)c4cc(S(=O)(=O)NC5(C)CC5)ccc4N32)on1. The Morgan fingerprint density at radius 2 is 2.06 bits per heavy atom. The van der Waals surface area contributed by atoms with Gasteiger partial charge in [0.15, 0.2) is 5.76 Å². The molecule has 1 saturated carbocycles. The van der Waals surface area contributed by atoms with Crippen LogP contribution in [-0.2, 0) is 23.6 Å².